The van der Waals surface area contributed by atoms with Gasteiger partial charge in [0.15, 0.2) is 0 Å². The molecule has 1 aliphatic heterocycles. The van der Waals surface area contributed by atoms with E-state index in [4.69, 9.17) is 14.7 Å². The zero-order valence-electron chi connectivity index (χ0n) is 20.5. The molecule has 0 unspecified atom stereocenters. The summed E-state index contributed by atoms with van der Waals surface area (Å²) in [6.45, 7) is 7.36. The Balaban J connectivity index is 1.43. The first kappa shape index (κ1) is 23.1. The molecule has 180 valence electrons. The third-order valence-corrected chi connectivity index (χ3v) is 8.48. The van der Waals surface area contributed by atoms with Crippen molar-refractivity contribution in [2.24, 2.45) is 0 Å². The molecule has 1 aromatic carbocycles. The third kappa shape index (κ3) is 4.38. The molecule has 3 heterocycles. The van der Waals surface area contributed by atoms with Crippen molar-refractivity contribution in [1.82, 2.24) is 14.9 Å². The maximum Gasteiger partial charge on any atom is 0.254 e. The predicted molar refractivity (Wildman–Crippen MR) is 138 cm³/mol. The van der Waals surface area contributed by atoms with Crippen LogP contribution in [0.5, 0.6) is 5.75 Å². The lowest BCUT2D eigenvalue weighted by molar-refractivity contribution is 0.0746. The molecule has 0 radical (unpaired) electrons. The number of amides is 1. The highest BCUT2D eigenvalue weighted by atomic mass is 32.1. The van der Waals surface area contributed by atoms with Crippen LogP contribution in [0.1, 0.15) is 72.1 Å². The average molecular weight is 479 g/mol. The van der Waals surface area contributed by atoms with E-state index in [1.165, 1.54) is 35.1 Å². The molecule has 6 nitrogen and oxygen atoms in total. The summed E-state index contributed by atoms with van der Waals surface area (Å²) < 4.78 is 5.30. The van der Waals surface area contributed by atoms with E-state index < -0.39 is 0 Å². The fourth-order valence-corrected chi connectivity index (χ4v) is 6.29. The molecule has 1 fully saturated rings. The van der Waals surface area contributed by atoms with Gasteiger partial charge >= 0.3 is 0 Å². The first-order chi connectivity index (χ1) is 16.6. The first-order valence-corrected chi connectivity index (χ1v) is 13.4. The molecule has 1 atom stereocenters. The number of anilines is 1. The number of fused-ring (bicyclic) bond motifs is 3. The van der Waals surface area contributed by atoms with Gasteiger partial charge in [0.25, 0.3) is 5.91 Å². The molecule has 1 aliphatic carbocycles. The summed E-state index contributed by atoms with van der Waals surface area (Å²) in [5, 5.41) is 1.28. The maximum absolute atomic E-state index is 13.1. The van der Waals surface area contributed by atoms with E-state index in [2.05, 4.69) is 18.7 Å². The van der Waals surface area contributed by atoms with Crippen LogP contribution in [-0.2, 0) is 12.8 Å². The van der Waals surface area contributed by atoms with Crippen molar-refractivity contribution in [1.29, 1.82) is 0 Å². The van der Waals surface area contributed by atoms with Crippen LogP contribution in [0.15, 0.2) is 24.3 Å². The van der Waals surface area contributed by atoms with Gasteiger partial charge in [-0.05, 0) is 55.9 Å². The maximum atomic E-state index is 13.1. The molecule has 34 heavy (non-hydrogen) atoms. The number of methoxy groups -OCH3 is 1. The van der Waals surface area contributed by atoms with E-state index in [0.717, 1.165) is 48.8 Å². The minimum absolute atomic E-state index is 0.0658. The summed E-state index contributed by atoms with van der Waals surface area (Å²) in [5.41, 5.74) is 2.16. The summed E-state index contributed by atoms with van der Waals surface area (Å²) >= 11 is 1.89. The lowest BCUT2D eigenvalue weighted by atomic mass is 10.1. The molecule has 0 N–H and O–H groups in total. The Labute approximate surface area is 206 Å². The molecule has 0 spiro atoms. The van der Waals surface area contributed by atoms with Crippen molar-refractivity contribution in [3.05, 3.63) is 46.1 Å². The number of carbonyl (C=O) groups excluding carboxylic acids is 1. The van der Waals surface area contributed by atoms with Crippen molar-refractivity contribution in [2.45, 2.75) is 58.3 Å². The van der Waals surface area contributed by atoms with Crippen molar-refractivity contribution in [3.63, 3.8) is 0 Å². The SMILES string of the molecule is CC[C@H](C)c1nc(N2CCN(C(=O)c3cccc(OC)c3)CC2)c2c3c(sc2n1)CCCCC3. The highest BCUT2D eigenvalue weighted by molar-refractivity contribution is 7.19. The lowest BCUT2D eigenvalue weighted by Gasteiger charge is -2.36. The summed E-state index contributed by atoms with van der Waals surface area (Å²) in [6.07, 6.45) is 7.13. The molecule has 7 heteroatoms. The van der Waals surface area contributed by atoms with Gasteiger partial charge in [-0.1, -0.05) is 26.3 Å². The van der Waals surface area contributed by atoms with Gasteiger partial charge in [0.1, 0.15) is 22.2 Å². The Kier molecular flexibility index (Phi) is 6.73. The Morgan fingerprint density at radius 1 is 1.12 bits per heavy atom. The number of aryl methyl sites for hydroxylation is 2. The molecule has 1 amide bonds. The van der Waals surface area contributed by atoms with Crippen LogP contribution in [0.4, 0.5) is 5.82 Å². The molecule has 3 aromatic rings. The van der Waals surface area contributed by atoms with Crippen LogP contribution in [0.25, 0.3) is 10.2 Å². The minimum atomic E-state index is 0.0658. The molecular formula is C27H34N4O2S. The summed E-state index contributed by atoms with van der Waals surface area (Å²) in [6, 6.07) is 7.43. The topological polar surface area (TPSA) is 58.6 Å². The molecule has 5 rings (SSSR count). The monoisotopic (exact) mass is 478 g/mol. The summed E-state index contributed by atoms with van der Waals surface area (Å²) in [7, 11) is 1.63. The van der Waals surface area contributed by atoms with Gasteiger partial charge in [0.05, 0.1) is 12.5 Å². The van der Waals surface area contributed by atoms with Crippen LogP contribution in [0, 0.1) is 0 Å². The number of hydrogen-bond acceptors (Lipinski definition) is 6. The zero-order chi connectivity index (χ0) is 23.7. The van der Waals surface area contributed by atoms with E-state index in [0.29, 0.717) is 30.3 Å². The number of carbonyl (C=O) groups is 1. The number of hydrogen-bond donors (Lipinski definition) is 0. The van der Waals surface area contributed by atoms with Crippen LogP contribution in [0.2, 0.25) is 0 Å². The van der Waals surface area contributed by atoms with E-state index >= 15 is 0 Å². The molecule has 1 saturated heterocycles. The molecule has 0 saturated carbocycles. The average Bonchev–Trinajstić information content (AvgIpc) is 3.08. The van der Waals surface area contributed by atoms with Gasteiger partial charge in [-0.15, -0.1) is 11.3 Å². The van der Waals surface area contributed by atoms with Gasteiger partial charge in [-0.3, -0.25) is 4.79 Å². The smallest absolute Gasteiger partial charge is 0.254 e. The third-order valence-electron chi connectivity index (χ3n) is 7.30. The highest BCUT2D eigenvalue weighted by Crippen LogP contribution is 2.40. The second-order valence-corrected chi connectivity index (χ2v) is 10.6. The van der Waals surface area contributed by atoms with Crippen LogP contribution >= 0.6 is 11.3 Å². The van der Waals surface area contributed by atoms with Gasteiger partial charge in [0, 0.05) is 42.5 Å². The number of thiophene rings is 1. The summed E-state index contributed by atoms with van der Waals surface area (Å²) in [4.78, 5) is 30.3. The molecular weight excluding hydrogens is 444 g/mol. The predicted octanol–water partition coefficient (Wildman–Crippen LogP) is 5.44. The van der Waals surface area contributed by atoms with E-state index in [-0.39, 0.29) is 5.91 Å². The van der Waals surface area contributed by atoms with Gasteiger partial charge in [-0.2, -0.15) is 0 Å². The van der Waals surface area contributed by atoms with Gasteiger partial charge in [0.2, 0.25) is 0 Å². The second-order valence-electron chi connectivity index (χ2n) is 9.47. The van der Waals surface area contributed by atoms with Crippen molar-refractivity contribution in [3.8, 4) is 5.75 Å². The Hall–Kier alpha value is -2.67. The normalized spacial score (nSPS) is 17.4. The van der Waals surface area contributed by atoms with Crippen LogP contribution in [0.3, 0.4) is 0 Å². The van der Waals surface area contributed by atoms with Crippen molar-refractivity contribution >= 4 is 33.3 Å². The van der Waals surface area contributed by atoms with E-state index in [1.54, 1.807) is 7.11 Å². The minimum Gasteiger partial charge on any atom is -0.497 e. The first-order valence-electron chi connectivity index (χ1n) is 12.6. The van der Waals surface area contributed by atoms with Gasteiger partial charge < -0.3 is 14.5 Å². The lowest BCUT2D eigenvalue weighted by Crippen LogP contribution is -2.49. The van der Waals surface area contributed by atoms with Crippen LogP contribution < -0.4 is 9.64 Å². The Morgan fingerprint density at radius 3 is 2.68 bits per heavy atom. The number of nitrogens with zero attached hydrogens (tertiary/aromatic N) is 4. The molecule has 2 aliphatic rings. The fourth-order valence-electron chi connectivity index (χ4n) is 5.02. The molecule has 2 aromatic heterocycles. The van der Waals surface area contributed by atoms with Crippen LogP contribution in [-0.4, -0.2) is 54.1 Å². The number of rotatable bonds is 5. The standard InChI is InChI=1S/C27H34N4O2S/c1-4-18(2)24-28-25(23-21-11-6-5-7-12-22(21)34-26(23)29-24)30-13-15-31(16-14-30)27(32)19-9-8-10-20(17-19)33-3/h8-10,17-18H,4-7,11-16H2,1-3H3/t18-/m0/s1. The van der Waals surface area contributed by atoms with Gasteiger partial charge in [-0.25, -0.2) is 9.97 Å². The Bertz CT molecular complexity index is 1180. The number of piperazine rings is 1. The van der Waals surface area contributed by atoms with Crippen molar-refractivity contribution < 1.29 is 9.53 Å². The Morgan fingerprint density at radius 2 is 1.91 bits per heavy atom. The van der Waals surface area contributed by atoms with E-state index in [9.17, 15) is 4.79 Å². The van der Waals surface area contributed by atoms with Crippen molar-refractivity contribution in [2.75, 3.05) is 38.2 Å². The van der Waals surface area contributed by atoms with E-state index in [1.807, 2.05) is 40.5 Å². The number of aromatic nitrogens is 2. The largest absolute Gasteiger partial charge is 0.497 e. The second kappa shape index (κ2) is 9.90. The number of benzene rings is 1. The fraction of sp³-hybridized carbons (Fsp3) is 0.519. The summed E-state index contributed by atoms with van der Waals surface area (Å²) in [5.74, 6) is 3.16. The zero-order valence-corrected chi connectivity index (χ0v) is 21.3. The highest BCUT2D eigenvalue weighted by Gasteiger charge is 2.28. The quantitative estimate of drug-likeness (QED) is 0.457. The molecule has 0 bridgehead atoms. The number of ether oxygens (including phenoxy) is 1.